The minimum atomic E-state index is -0.625. The van der Waals surface area contributed by atoms with Crippen molar-refractivity contribution in [1.29, 1.82) is 0 Å². The molecule has 6 heteroatoms. The molecule has 1 aliphatic carbocycles. The first-order valence-electron chi connectivity index (χ1n) is 10.9. The smallest absolute Gasteiger partial charge is 0.307 e. The largest absolute Gasteiger partial charge is 0.469 e. The number of nitrogens with one attached hydrogen (secondary N) is 1. The van der Waals surface area contributed by atoms with Gasteiger partial charge in [0.15, 0.2) is 0 Å². The molecule has 1 aliphatic heterocycles. The highest BCUT2D eigenvalue weighted by Gasteiger charge is 2.55. The molecule has 1 heterocycles. The number of hydrogen-bond acceptors (Lipinski definition) is 4. The third-order valence-corrected chi connectivity index (χ3v) is 6.54. The lowest BCUT2D eigenvalue weighted by atomic mass is 9.65. The zero-order chi connectivity index (χ0) is 21.8. The topological polar surface area (TPSA) is 75.7 Å². The Kier molecular flexibility index (Phi) is 6.07. The molecule has 2 aromatic rings. The average molecular weight is 421 g/mol. The van der Waals surface area contributed by atoms with E-state index in [2.05, 4.69) is 10.1 Å². The van der Waals surface area contributed by atoms with Gasteiger partial charge in [-0.05, 0) is 36.6 Å². The van der Waals surface area contributed by atoms with Gasteiger partial charge in [-0.25, -0.2) is 0 Å². The Morgan fingerprint density at radius 3 is 2.42 bits per heavy atom. The van der Waals surface area contributed by atoms with Crippen LogP contribution in [-0.2, 0) is 14.3 Å². The molecule has 0 radical (unpaired) electrons. The van der Waals surface area contributed by atoms with Crippen LogP contribution in [0.5, 0.6) is 0 Å². The van der Waals surface area contributed by atoms with Crippen LogP contribution in [0, 0.1) is 0 Å². The molecule has 2 aliphatic rings. The van der Waals surface area contributed by atoms with Crippen molar-refractivity contribution in [3.63, 3.8) is 0 Å². The van der Waals surface area contributed by atoms with E-state index in [4.69, 9.17) is 0 Å². The number of carbonyl (C=O) groups is 3. The summed E-state index contributed by atoms with van der Waals surface area (Å²) in [6.07, 6.45) is 4.66. The minimum Gasteiger partial charge on any atom is -0.469 e. The fraction of sp³-hybridized carbons (Fsp3) is 0.400. The third-order valence-electron chi connectivity index (χ3n) is 6.54. The fourth-order valence-corrected chi connectivity index (χ4v) is 5.19. The second-order valence-corrected chi connectivity index (χ2v) is 8.28. The highest BCUT2D eigenvalue weighted by Crippen LogP contribution is 2.50. The molecule has 2 amide bonds. The molecule has 1 atom stereocenters. The molecule has 31 heavy (non-hydrogen) atoms. The Labute approximate surface area is 182 Å². The molecule has 162 valence electrons. The quantitative estimate of drug-likeness (QED) is 0.747. The summed E-state index contributed by atoms with van der Waals surface area (Å²) in [5.41, 5.74) is 1.53. The average Bonchev–Trinajstić information content (AvgIpc) is 2.80. The van der Waals surface area contributed by atoms with E-state index >= 15 is 0 Å². The first-order valence-corrected chi connectivity index (χ1v) is 10.9. The van der Waals surface area contributed by atoms with Gasteiger partial charge in [-0.1, -0.05) is 55.7 Å². The Balaban J connectivity index is 1.79. The molecular weight excluding hydrogens is 392 g/mol. The minimum absolute atomic E-state index is 0.0534. The highest BCUT2D eigenvalue weighted by molar-refractivity contribution is 6.12. The number of carbonyl (C=O) groups excluding carboxylic acids is 3. The van der Waals surface area contributed by atoms with Crippen LogP contribution in [0.25, 0.3) is 0 Å². The molecule has 4 rings (SSSR count). The fourth-order valence-electron chi connectivity index (χ4n) is 5.19. The standard InChI is InChI=1S/C25H28N2O4/c1-31-21(28)14-17-26-23(29)22-19-12-6-7-13-20(19)24(30)27(18-10-4-2-5-11-18)25(22)15-8-3-9-16-25/h2,4-7,10-13,22H,3,8-9,14-17H2,1H3,(H,26,29)/t22-/m1/s1. The van der Waals surface area contributed by atoms with Crippen molar-refractivity contribution in [1.82, 2.24) is 5.32 Å². The number of amides is 2. The summed E-state index contributed by atoms with van der Waals surface area (Å²) in [5, 5.41) is 2.94. The second-order valence-electron chi connectivity index (χ2n) is 8.28. The van der Waals surface area contributed by atoms with Crippen LogP contribution in [-0.4, -0.2) is 37.0 Å². The number of hydrogen-bond donors (Lipinski definition) is 1. The summed E-state index contributed by atoms with van der Waals surface area (Å²) in [4.78, 5) is 40.7. The van der Waals surface area contributed by atoms with Crippen molar-refractivity contribution in [2.75, 3.05) is 18.6 Å². The second kappa shape index (κ2) is 8.92. The van der Waals surface area contributed by atoms with Gasteiger partial charge in [0.2, 0.25) is 5.91 Å². The lowest BCUT2D eigenvalue weighted by molar-refractivity contribution is -0.140. The van der Waals surface area contributed by atoms with Gasteiger partial charge < -0.3 is 15.0 Å². The van der Waals surface area contributed by atoms with Gasteiger partial charge >= 0.3 is 5.97 Å². The maximum absolute atomic E-state index is 13.7. The van der Waals surface area contributed by atoms with E-state index in [9.17, 15) is 14.4 Å². The maximum Gasteiger partial charge on any atom is 0.307 e. The Morgan fingerprint density at radius 1 is 1.03 bits per heavy atom. The first-order chi connectivity index (χ1) is 15.1. The van der Waals surface area contributed by atoms with Crippen molar-refractivity contribution in [3.8, 4) is 0 Å². The van der Waals surface area contributed by atoms with Crippen LogP contribution in [0.3, 0.4) is 0 Å². The Hall–Kier alpha value is -3.15. The van der Waals surface area contributed by atoms with Gasteiger partial charge in [-0.2, -0.15) is 0 Å². The number of para-hydroxylation sites is 1. The van der Waals surface area contributed by atoms with Gasteiger partial charge in [0.25, 0.3) is 5.91 Å². The van der Waals surface area contributed by atoms with Gasteiger partial charge in [-0.15, -0.1) is 0 Å². The molecule has 1 spiro atoms. The van der Waals surface area contributed by atoms with Crippen molar-refractivity contribution in [3.05, 3.63) is 65.7 Å². The van der Waals surface area contributed by atoms with Crippen LogP contribution in [0.1, 0.15) is 60.4 Å². The molecule has 0 saturated heterocycles. The summed E-state index contributed by atoms with van der Waals surface area (Å²) in [6, 6.07) is 17.1. The maximum atomic E-state index is 13.7. The lowest BCUT2D eigenvalue weighted by Gasteiger charge is -2.53. The molecule has 1 fully saturated rings. The van der Waals surface area contributed by atoms with E-state index in [1.165, 1.54) is 7.11 Å². The summed E-state index contributed by atoms with van der Waals surface area (Å²) in [5.74, 6) is -1.06. The van der Waals surface area contributed by atoms with E-state index < -0.39 is 11.5 Å². The molecular formula is C25H28N2O4. The van der Waals surface area contributed by atoms with E-state index in [1.54, 1.807) is 6.07 Å². The number of rotatable bonds is 5. The molecule has 0 bridgehead atoms. The zero-order valence-electron chi connectivity index (χ0n) is 17.8. The van der Waals surface area contributed by atoms with Crippen molar-refractivity contribution in [2.24, 2.45) is 0 Å². The SMILES string of the molecule is COC(=O)CCNC(=O)[C@H]1c2ccccc2C(=O)N(c2ccccc2)C12CCCCC2. The molecule has 2 aromatic carbocycles. The number of benzene rings is 2. The third kappa shape index (κ3) is 3.82. The summed E-state index contributed by atoms with van der Waals surface area (Å²) in [7, 11) is 1.34. The Morgan fingerprint density at radius 2 is 1.71 bits per heavy atom. The van der Waals surface area contributed by atoms with Gasteiger partial charge in [0.1, 0.15) is 0 Å². The van der Waals surface area contributed by atoms with E-state index in [1.807, 2.05) is 53.4 Å². The highest BCUT2D eigenvalue weighted by atomic mass is 16.5. The number of anilines is 1. The molecule has 1 N–H and O–H groups in total. The predicted molar refractivity (Wildman–Crippen MR) is 118 cm³/mol. The van der Waals surface area contributed by atoms with E-state index in [0.29, 0.717) is 5.56 Å². The summed E-state index contributed by atoms with van der Waals surface area (Å²) < 4.78 is 4.69. The summed E-state index contributed by atoms with van der Waals surface area (Å²) >= 11 is 0. The van der Waals surface area contributed by atoms with Crippen molar-refractivity contribution in [2.45, 2.75) is 50.0 Å². The summed E-state index contributed by atoms with van der Waals surface area (Å²) in [6.45, 7) is 0.208. The van der Waals surface area contributed by atoms with Crippen molar-refractivity contribution < 1.29 is 19.1 Å². The normalized spacial score (nSPS) is 19.6. The lowest BCUT2D eigenvalue weighted by Crippen LogP contribution is -2.63. The zero-order valence-corrected chi connectivity index (χ0v) is 17.8. The van der Waals surface area contributed by atoms with E-state index in [0.717, 1.165) is 43.4 Å². The Bertz CT molecular complexity index is 966. The van der Waals surface area contributed by atoms with Crippen LogP contribution in [0.4, 0.5) is 5.69 Å². The van der Waals surface area contributed by atoms with Crippen molar-refractivity contribution >= 4 is 23.5 Å². The predicted octanol–water partition coefficient (Wildman–Crippen LogP) is 3.81. The number of nitrogens with zero attached hydrogens (tertiary/aromatic N) is 1. The van der Waals surface area contributed by atoms with Crippen LogP contribution < -0.4 is 10.2 Å². The number of esters is 1. The van der Waals surface area contributed by atoms with Crippen LogP contribution >= 0.6 is 0 Å². The molecule has 0 aromatic heterocycles. The molecule has 0 unspecified atom stereocenters. The number of methoxy groups -OCH3 is 1. The first kappa shape index (κ1) is 21.1. The van der Waals surface area contributed by atoms with E-state index in [-0.39, 0.29) is 30.7 Å². The monoisotopic (exact) mass is 420 g/mol. The molecule has 6 nitrogen and oxygen atoms in total. The number of fused-ring (bicyclic) bond motifs is 1. The van der Waals surface area contributed by atoms with Crippen LogP contribution in [0.15, 0.2) is 54.6 Å². The van der Waals surface area contributed by atoms with Gasteiger partial charge in [0.05, 0.1) is 25.0 Å². The molecule has 1 saturated carbocycles. The van der Waals surface area contributed by atoms with Gasteiger partial charge in [0, 0.05) is 17.8 Å². The van der Waals surface area contributed by atoms with Crippen LogP contribution in [0.2, 0.25) is 0 Å². The number of ether oxygens (including phenoxy) is 1. The van der Waals surface area contributed by atoms with Gasteiger partial charge in [-0.3, -0.25) is 14.4 Å².